The molecule has 1 aromatic rings. The molecule has 1 N–H and O–H groups in total. The molecule has 1 heterocycles. The summed E-state index contributed by atoms with van der Waals surface area (Å²) >= 11 is 5.79. The normalized spacial score (nSPS) is 17.0. The maximum absolute atomic E-state index is 11.8. The molecular formula is C16H23ClN2O3. The van der Waals surface area contributed by atoms with Crippen molar-refractivity contribution in [1.29, 1.82) is 0 Å². The number of nitrogens with zero attached hydrogens (tertiary/aromatic N) is 1. The molecule has 1 fully saturated rings. The van der Waals surface area contributed by atoms with Crippen LogP contribution in [0.15, 0.2) is 24.3 Å². The largest absolute Gasteiger partial charge is 0.484 e. The lowest BCUT2D eigenvalue weighted by atomic mass is 10.1. The molecule has 22 heavy (non-hydrogen) atoms. The van der Waals surface area contributed by atoms with Crippen molar-refractivity contribution in [2.45, 2.75) is 6.92 Å². The molecule has 1 aliphatic rings. The topological polar surface area (TPSA) is 50.8 Å². The molecule has 1 unspecified atom stereocenters. The number of rotatable bonds is 7. The van der Waals surface area contributed by atoms with Crippen molar-refractivity contribution in [1.82, 2.24) is 10.2 Å². The van der Waals surface area contributed by atoms with Gasteiger partial charge in [-0.1, -0.05) is 18.5 Å². The Morgan fingerprint density at radius 2 is 2.05 bits per heavy atom. The molecule has 0 spiro atoms. The highest BCUT2D eigenvalue weighted by Crippen LogP contribution is 2.15. The van der Waals surface area contributed by atoms with Crippen molar-refractivity contribution in [3.63, 3.8) is 0 Å². The first-order valence-electron chi connectivity index (χ1n) is 7.58. The summed E-state index contributed by atoms with van der Waals surface area (Å²) < 4.78 is 10.7. The summed E-state index contributed by atoms with van der Waals surface area (Å²) in [5, 5.41) is 3.55. The number of nitrogens with one attached hydrogen (secondary N) is 1. The van der Waals surface area contributed by atoms with E-state index in [0.29, 0.717) is 23.2 Å². The van der Waals surface area contributed by atoms with Crippen LogP contribution in [0.3, 0.4) is 0 Å². The zero-order valence-electron chi connectivity index (χ0n) is 12.9. The molecule has 1 aliphatic heterocycles. The predicted octanol–water partition coefficient (Wildman–Crippen LogP) is 1.80. The van der Waals surface area contributed by atoms with Crippen molar-refractivity contribution >= 4 is 17.5 Å². The Morgan fingerprint density at radius 3 is 2.73 bits per heavy atom. The quantitative estimate of drug-likeness (QED) is 0.830. The highest BCUT2D eigenvalue weighted by Gasteiger charge is 2.14. The van der Waals surface area contributed by atoms with E-state index in [1.165, 1.54) is 0 Å². The van der Waals surface area contributed by atoms with Crippen molar-refractivity contribution in [3.8, 4) is 5.75 Å². The second-order valence-electron chi connectivity index (χ2n) is 5.56. The van der Waals surface area contributed by atoms with Crippen LogP contribution in [0.25, 0.3) is 0 Å². The van der Waals surface area contributed by atoms with Gasteiger partial charge in [-0.3, -0.25) is 9.69 Å². The fourth-order valence-corrected chi connectivity index (χ4v) is 2.43. The summed E-state index contributed by atoms with van der Waals surface area (Å²) in [6.45, 7) is 7.32. The average Bonchev–Trinajstić information content (AvgIpc) is 2.53. The van der Waals surface area contributed by atoms with Gasteiger partial charge in [0.05, 0.1) is 13.2 Å². The summed E-state index contributed by atoms with van der Waals surface area (Å²) in [5.74, 6) is 0.933. The predicted molar refractivity (Wildman–Crippen MR) is 86.4 cm³/mol. The van der Waals surface area contributed by atoms with E-state index < -0.39 is 0 Å². The number of halogens is 1. The van der Waals surface area contributed by atoms with Crippen LogP contribution in [0.4, 0.5) is 0 Å². The van der Waals surface area contributed by atoms with E-state index in [0.717, 1.165) is 32.8 Å². The number of carbonyl (C=O) groups is 1. The molecule has 2 rings (SSSR count). The number of benzene rings is 1. The third-order valence-corrected chi connectivity index (χ3v) is 3.76. The monoisotopic (exact) mass is 326 g/mol. The number of hydrogen-bond donors (Lipinski definition) is 1. The second kappa shape index (κ2) is 8.98. The molecule has 1 atom stereocenters. The lowest BCUT2D eigenvalue weighted by Gasteiger charge is -2.29. The standard InChI is InChI=1S/C16H23ClN2O3/c1-13(11-19-6-8-21-9-7-19)10-18-16(20)12-22-15-4-2-14(17)3-5-15/h2-5,13H,6-12H2,1H3,(H,18,20). The molecule has 0 aliphatic carbocycles. The molecule has 1 saturated heterocycles. The molecular weight excluding hydrogens is 304 g/mol. The first-order valence-corrected chi connectivity index (χ1v) is 7.96. The van der Waals surface area contributed by atoms with E-state index in [-0.39, 0.29) is 12.5 Å². The summed E-state index contributed by atoms with van der Waals surface area (Å²) in [6.07, 6.45) is 0. The molecule has 1 aromatic carbocycles. The van der Waals surface area contributed by atoms with E-state index in [1.54, 1.807) is 24.3 Å². The zero-order chi connectivity index (χ0) is 15.8. The number of morpholine rings is 1. The number of hydrogen-bond acceptors (Lipinski definition) is 4. The van der Waals surface area contributed by atoms with E-state index in [2.05, 4.69) is 17.1 Å². The van der Waals surface area contributed by atoms with E-state index in [4.69, 9.17) is 21.1 Å². The minimum absolute atomic E-state index is 0.0197. The van der Waals surface area contributed by atoms with Crippen molar-refractivity contribution in [3.05, 3.63) is 29.3 Å². The Hall–Kier alpha value is -1.30. The Labute approximate surface area is 136 Å². The Bertz CT molecular complexity index is 461. The smallest absolute Gasteiger partial charge is 0.257 e. The molecule has 0 radical (unpaired) electrons. The molecule has 0 saturated carbocycles. The molecule has 1 amide bonds. The van der Waals surface area contributed by atoms with Crippen LogP contribution in [0.1, 0.15) is 6.92 Å². The van der Waals surface area contributed by atoms with Crippen LogP contribution in [0.2, 0.25) is 5.02 Å². The lowest BCUT2D eigenvalue weighted by molar-refractivity contribution is -0.123. The van der Waals surface area contributed by atoms with Crippen LogP contribution in [-0.4, -0.2) is 56.8 Å². The van der Waals surface area contributed by atoms with Crippen LogP contribution in [0, 0.1) is 5.92 Å². The lowest BCUT2D eigenvalue weighted by Crippen LogP contribution is -2.42. The fourth-order valence-electron chi connectivity index (χ4n) is 2.31. The van der Waals surface area contributed by atoms with Crippen molar-refractivity contribution in [2.75, 3.05) is 46.0 Å². The minimum atomic E-state index is -0.108. The van der Waals surface area contributed by atoms with Gasteiger partial charge in [-0.05, 0) is 30.2 Å². The van der Waals surface area contributed by atoms with E-state index in [1.807, 2.05) is 0 Å². The maximum atomic E-state index is 11.8. The number of carbonyl (C=O) groups excluding carboxylic acids is 1. The van der Waals surface area contributed by atoms with Gasteiger partial charge in [-0.25, -0.2) is 0 Å². The molecule has 6 heteroatoms. The maximum Gasteiger partial charge on any atom is 0.257 e. The molecule has 122 valence electrons. The number of amides is 1. The highest BCUT2D eigenvalue weighted by atomic mass is 35.5. The van der Waals surface area contributed by atoms with Crippen LogP contribution in [0.5, 0.6) is 5.75 Å². The van der Waals surface area contributed by atoms with Crippen molar-refractivity contribution < 1.29 is 14.3 Å². The molecule has 0 aromatic heterocycles. The van der Waals surface area contributed by atoms with Crippen LogP contribution in [-0.2, 0) is 9.53 Å². The van der Waals surface area contributed by atoms with Crippen LogP contribution >= 0.6 is 11.6 Å². The van der Waals surface area contributed by atoms with Gasteiger partial charge in [0.15, 0.2) is 6.61 Å². The van der Waals surface area contributed by atoms with Gasteiger partial charge in [-0.2, -0.15) is 0 Å². The zero-order valence-corrected chi connectivity index (χ0v) is 13.6. The second-order valence-corrected chi connectivity index (χ2v) is 6.00. The Balaban J connectivity index is 1.61. The first kappa shape index (κ1) is 17.1. The van der Waals surface area contributed by atoms with E-state index in [9.17, 15) is 4.79 Å². The van der Waals surface area contributed by atoms with Gasteiger partial charge in [0.1, 0.15) is 5.75 Å². The average molecular weight is 327 g/mol. The summed E-state index contributed by atoms with van der Waals surface area (Å²) in [6, 6.07) is 6.96. The Morgan fingerprint density at radius 1 is 1.36 bits per heavy atom. The summed E-state index contributed by atoms with van der Waals surface area (Å²) in [4.78, 5) is 14.1. The molecule has 5 nitrogen and oxygen atoms in total. The van der Waals surface area contributed by atoms with E-state index >= 15 is 0 Å². The first-order chi connectivity index (χ1) is 10.6. The van der Waals surface area contributed by atoms with Gasteiger partial charge in [0.25, 0.3) is 5.91 Å². The highest BCUT2D eigenvalue weighted by molar-refractivity contribution is 6.30. The SMILES string of the molecule is CC(CNC(=O)COc1ccc(Cl)cc1)CN1CCOCC1. The summed E-state index contributed by atoms with van der Waals surface area (Å²) in [7, 11) is 0. The van der Waals surface area contributed by atoms with Gasteiger partial charge in [0, 0.05) is 31.2 Å². The van der Waals surface area contributed by atoms with Gasteiger partial charge >= 0.3 is 0 Å². The van der Waals surface area contributed by atoms with Gasteiger partial charge in [0.2, 0.25) is 0 Å². The van der Waals surface area contributed by atoms with Crippen molar-refractivity contribution in [2.24, 2.45) is 5.92 Å². The van der Waals surface area contributed by atoms with Gasteiger partial charge < -0.3 is 14.8 Å². The summed E-state index contributed by atoms with van der Waals surface area (Å²) in [5.41, 5.74) is 0. The fraction of sp³-hybridized carbons (Fsp3) is 0.562. The third-order valence-electron chi connectivity index (χ3n) is 3.50. The Kier molecular flexibility index (Phi) is 6.96. The van der Waals surface area contributed by atoms with Crippen LogP contribution < -0.4 is 10.1 Å². The molecule has 0 bridgehead atoms. The third kappa shape index (κ3) is 6.22. The number of ether oxygens (including phenoxy) is 2. The minimum Gasteiger partial charge on any atom is -0.484 e. The van der Waals surface area contributed by atoms with Gasteiger partial charge in [-0.15, -0.1) is 0 Å².